The maximum absolute atomic E-state index is 14.2. The topological polar surface area (TPSA) is 151 Å². The summed E-state index contributed by atoms with van der Waals surface area (Å²) in [6.07, 6.45) is -0.504. The van der Waals surface area contributed by atoms with E-state index in [9.17, 15) is 22.5 Å². The molecule has 0 saturated heterocycles. The predicted molar refractivity (Wildman–Crippen MR) is 168 cm³/mol. The van der Waals surface area contributed by atoms with Crippen LogP contribution in [-0.4, -0.2) is 60.1 Å². The van der Waals surface area contributed by atoms with E-state index >= 15 is 0 Å². The van der Waals surface area contributed by atoms with E-state index in [2.05, 4.69) is 31.0 Å². The van der Waals surface area contributed by atoms with Crippen LogP contribution in [0.1, 0.15) is 34.8 Å². The molecule has 3 N–H and O–H groups in total. The second-order valence-corrected chi connectivity index (χ2v) is 12.3. The first-order valence-electron chi connectivity index (χ1n) is 14.5. The van der Waals surface area contributed by atoms with Gasteiger partial charge in [0.25, 0.3) is 5.91 Å². The largest absolute Gasteiger partial charge is 0.495 e. The van der Waals surface area contributed by atoms with Crippen molar-refractivity contribution in [3.63, 3.8) is 0 Å². The monoisotopic (exact) mass is 675 g/mol. The summed E-state index contributed by atoms with van der Waals surface area (Å²) in [4.78, 5) is 21.2. The molecule has 8 bridgehead atoms. The highest BCUT2D eigenvalue weighted by Crippen LogP contribution is 2.52. The number of nitrogens with one attached hydrogen (secondary N) is 3. The zero-order valence-corrected chi connectivity index (χ0v) is 26.9. The summed E-state index contributed by atoms with van der Waals surface area (Å²) >= 11 is 0. The molecule has 0 spiro atoms. The van der Waals surface area contributed by atoms with Crippen molar-refractivity contribution in [2.75, 3.05) is 45.1 Å². The van der Waals surface area contributed by atoms with E-state index in [1.54, 1.807) is 48.3 Å². The van der Waals surface area contributed by atoms with E-state index in [0.29, 0.717) is 41.5 Å². The molecule has 1 atom stereocenters. The zero-order valence-electron chi connectivity index (χ0n) is 26.0. The Morgan fingerprint density at radius 3 is 2.62 bits per heavy atom. The van der Waals surface area contributed by atoms with E-state index in [1.165, 1.54) is 27.3 Å². The minimum Gasteiger partial charge on any atom is -0.495 e. The number of carbonyl (C=O) groups is 1. The molecule has 47 heavy (non-hydrogen) atoms. The van der Waals surface area contributed by atoms with Gasteiger partial charge in [0.05, 0.1) is 51.2 Å². The number of benzene rings is 2. The van der Waals surface area contributed by atoms with Crippen molar-refractivity contribution in [2.45, 2.75) is 32.2 Å². The third-order valence-electron chi connectivity index (χ3n) is 7.14. The molecule has 6 heterocycles. The molecule has 13 nitrogen and oxygen atoms in total. The van der Waals surface area contributed by atoms with Gasteiger partial charge in [0.1, 0.15) is 28.4 Å². The van der Waals surface area contributed by atoms with Crippen LogP contribution in [0.3, 0.4) is 0 Å². The standard InChI is InChI=1S/C30H33F3N7O6P/c1-5-45-47(42)17-18-7-9-22(24(13-18)43-3)38-29-35-15-21(30(31,32)33)27(39-29)37-23-10-8-20(26(44-4)25(23)28(41)34-2)19-14-36-40(16-19)11-6-12-46-47/h7-10,13-16H,5-6,11-12,17H2,1-4H3,(H,34,41)(H2,35,37,38,39)/t47-/m1/s1. The third kappa shape index (κ3) is 7.50. The summed E-state index contributed by atoms with van der Waals surface area (Å²) in [6, 6.07) is 7.92. The molecular weight excluding hydrogens is 642 g/mol. The first kappa shape index (κ1) is 33.7. The van der Waals surface area contributed by atoms with Crippen LogP contribution in [0.5, 0.6) is 11.5 Å². The molecule has 8 rings (SSSR count). The average molecular weight is 676 g/mol. The van der Waals surface area contributed by atoms with Gasteiger partial charge in [-0.05, 0) is 43.2 Å². The number of carbonyl (C=O) groups excluding carboxylic acids is 1. The highest BCUT2D eigenvalue weighted by atomic mass is 31.2. The molecule has 4 aromatic rings. The molecule has 2 aromatic carbocycles. The molecule has 2 aromatic heterocycles. The van der Waals surface area contributed by atoms with Gasteiger partial charge in [-0.1, -0.05) is 6.07 Å². The lowest BCUT2D eigenvalue weighted by atomic mass is 10.0. The predicted octanol–water partition coefficient (Wildman–Crippen LogP) is 6.37. The van der Waals surface area contributed by atoms with E-state index < -0.39 is 31.1 Å². The van der Waals surface area contributed by atoms with Gasteiger partial charge in [0.2, 0.25) is 5.95 Å². The number of hydrogen-bond donors (Lipinski definition) is 3. The second kappa shape index (κ2) is 14.0. The Balaban J connectivity index is 1.67. The molecule has 1 amide bonds. The molecule has 0 aliphatic carbocycles. The van der Waals surface area contributed by atoms with Crippen molar-refractivity contribution in [1.82, 2.24) is 25.1 Å². The second-order valence-electron chi connectivity index (χ2n) is 10.3. The number of ether oxygens (including phenoxy) is 2. The summed E-state index contributed by atoms with van der Waals surface area (Å²) in [5, 5.41) is 12.5. The number of alkyl halides is 3. The van der Waals surface area contributed by atoms with E-state index in [0.717, 1.165) is 0 Å². The molecule has 0 saturated carbocycles. The summed E-state index contributed by atoms with van der Waals surface area (Å²) in [5.74, 6) is -1.05. The molecule has 0 unspecified atom stereocenters. The van der Waals surface area contributed by atoms with Gasteiger partial charge in [-0.3, -0.25) is 14.0 Å². The first-order chi connectivity index (χ1) is 22.5. The Morgan fingerprint density at radius 2 is 1.91 bits per heavy atom. The SMILES string of the molecule is CCO[P@]1(=O)Cc2ccc(c(OC)c2)Nc2ncc(C(F)(F)F)c(n2)Nc2ccc(c(OC)c2C(=O)NC)-c2cnn(c2)CCCO1. The molecule has 0 radical (unpaired) electrons. The van der Waals surface area contributed by atoms with Gasteiger partial charge < -0.3 is 34.5 Å². The van der Waals surface area contributed by atoms with Crippen LogP contribution in [0.25, 0.3) is 11.1 Å². The van der Waals surface area contributed by atoms with Gasteiger partial charge >= 0.3 is 13.8 Å². The zero-order chi connectivity index (χ0) is 33.8. The molecular formula is C30H33F3N7O6P. The Bertz CT molecular complexity index is 1820. The molecule has 17 heteroatoms. The third-order valence-corrected chi connectivity index (χ3v) is 9.12. The highest BCUT2D eigenvalue weighted by Gasteiger charge is 2.36. The number of aryl methyl sites for hydroxylation is 1. The summed E-state index contributed by atoms with van der Waals surface area (Å²) in [7, 11) is 0.585. The Labute approximate surface area is 268 Å². The smallest absolute Gasteiger partial charge is 0.421 e. The minimum absolute atomic E-state index is 0.00689. The van der Waals surface area contributed by atoms with Crippen LogP contribution in [0.15, 0.2) is 48.9 Å². The summed E-state index contributed by atoms with van der Waals surface area (Å²) in [6.45, 7) is 2.41. The molecule has 0 fully saturated rings. The number of aromatic nitrogens is 4. The number of rotatable bonds is 5. The van der Waals surface area contributed by atoms with Gasteiger partial charge in [0, 0.05) is 37.1 Å². The van der Waals surface area contributed by atoms with Crippen LogP contribution in [0, 0.1) is 0 Å². The van der Waals surface area contributed by atoms with Crippen LogP contribution in [0.4, 0.5) is 36.3 Å². The Hall–Kier alpha value is -4.66. The average Bonchev–Trinajstić information content (AvgIpc) is 3.51. The van der Waals surface area contributed by atoms with Gasteiger partial charge in [0.15, 0.2) is 0 Å². The highest BCUT2D eigenvalue weighted by molar-refractivity contribution is 7.53. The van der Waals surface area contributed by atoms with Gasteiger partial charge in [-0.2, -0.15) is 23.3 Å². The van der Waals surface area contributed by atoms with E-state index in [4.69, 9.17) is 18.5 Å². The van der Waals surface area contributed by atoms with Crippen LogP contribution in [-0.2, 0) is 32.5 Å². The number of methoxy groups -OCH3 is 2. The van der Waals surface area contributed by atoms with Gasteiger partial charge in [-0.25, -0.2) is 4.98 Å². The minimum atomic E-state index is -4.84. The van der Waals surface area contributed by atoms with Crippen molar-refractivity contribution >= 4 is 36.6 Å². The number of nitrogens with zero attached hydrogens (tertiary/aromatic N) is 4. The Morgan fingerprint density at radius 1 is 1.13 bits per heavy atom. The normalized spacial score (nSPS) is 16.7. The fourth-order valence-corrected chi connectivity index (χ4v) is 6.71. The first-order valence-corrected chi connectivity index (χ1v) is 16.2. The maximum Gasteiger partial charge on any atom is 0.421 e. The van der Waals surface area contributed by atoms with Crippen molar-refractivity contribution in [3.8, 4) is 22.6 Å². The fraction of sp³-hybridized carbons (Fsp3) is 0.333. The van der Waals surface area contributed by atoms with Crippen LogP contribution in [0.2, 0.25) is 0 Å². The lowest BCUT2D eigenvalue weighted by Crippen LogP contribution is -2.21. The number of anilines is 4. The Kier molecular flexibility index (Phi) is 10.0. The summed E-state index contributed by atoms with van der Waals surface area (Å²) < 4.78 is 80.3. The van der Waals surface area contributed by atoms with Crippen molar-refractivity contribution in [1.29, 1.82) is 0 Å². The number of hydrogen-bond acceptors (Lipinski definition) is 11. The van der Waals surface area contributed by atoms with E-state index in [-0.39, 0.29) is 48.1 Å². The molecule has 250 valence electrons. The number of halogens is 3. The lowest BCUT2D eigenvalue weighted by molar-refractivity contribution is -0.137. The van der Waals surface area contributed by atoms with Crippen LogP contribution >= 0.6 is 7.60 Å². The molecule has 4 aliphatic rings. The van der Waals surface area contributed by atoms with Crippen LogP contribution < -0.4 is 25.4 Å². The summed E-state index contributed by atoms with van der Waals surface area (Å²) in [5.41, 5.74) is 0.747. The molecule has 4 aliphatic heterocycles. The van der Waals surface area contributed by atoms with Crippen molar-refractivity contribution in [3.05, 3.63) is 65.6 Å². The lowest BCUT2D eigenvalue weighted by Gasteiger charge is -2.20. The fourth-order valence-electron chi connectivity index (χ4n) is 5.01. The quantitative estimate of drug-likeness (QED) is 0.202. The van der Waals surface area contributed by atoms with Crippen molar-refractivity contribution in [2.24, 2.45) is 0 Å². The van der Waals surface area contributed by atoms with Crippen molar-refractivity contribution < 1.29 is 41.1 Å². The number of amides is 1. The maximum atomic E-state index is 14.2. The van der Waals surface area contributed by atoms with Gasteiger partial charge in [-0.15, -0.1) is 0 Å². The van der Waals surface area contributed by atoms with E-state index in [1.807, 2.05) is 0 Å².